The number of rotatable bonds is 3. The molecule has 7 heteroatoms. The van der Waals surface area contributed by atoms with E-state index < -0.39 is 17.1 Å². The third kappa shape index (κ3) is 2.63. The molecule has 0 aromatic carbocycles. The Labute approximate surface area is 136 Å². The Bertz CT molecular complexity index is 487. The summed E-state index contributed by atoms with van der Waals surface area (Å²) in [6.07, 6.45) is 2.50. The lowest BCUT2D eigenvalue weighted by atomic mass is 9.78. The molecule has 0 radical (unpaired) electrons. The molecular weight excluding hydrogens is 301 g/mol. The molecule has 0 bridgehead atoms. The van der Waals surface area contributed by atoms with Crippen LogP contribution in [0.4, 0.5) is 4.39 Å². The average Bonchev–Trinajstić information content (AvgIpc) is 2.53. The molecule has 2 saturated heterocycles. The first-order valence-electron chi connectivity index (χ1n) is 8.53. The minimum atomic E-state index is -1.66. The first-order valence-corrected chi connectivity index (χ1v) is 8.53. The monoisotopic (exact) mass is 327 g/mol. The summed E-state index contributed by atoms with van der Waals surface area (Å²) in [5, 5.41) is 9.12. The summed E-state index contributed by atoms with van der Waals surface area (Å²) >= 11 is 0. The molecule has 1 saturated carbocycles. The molecule has 1 spiro atoms. The van der Waals surface area contributed by atoms with Crippen LogP contribution in [0.3, 0.4) is 0 Å². The number of nitrogens with zero attached hydrogens (tertiary/aromatic N) is 3. The maximum absolute atomic E-state index is 14.3. The van der Waals surface area contributed by atoms with Gasteiger partial charge in [-0.2, -0.15) is 0 Å². The van der Waals surface area contributed by atoms with Crippen LogP contribution in [0.5, 0.6) is 0 Å². The Morgan fingerprint density at radius 2 is 1.83 bits per heavy atom. The van der Waals surface area contributed by atoms with Crippen LogP contribution in [0.2, 0.25) is 0 Å². The molecular formula is C16H26FN3O3. The Morgan fingerprint density at radius 1 is 1.17 bits per heavy atom. The van der Waals surface area contributed by atoms with Crippen LogP contribution >= 0.6 is 0 Å². The summed E-state index contributed by atoms with van der Waals surface area (Å²) in [4.78, 5) is 30.5. The van der Waals surface area contributed by atoms with Gasteiger partial charge in [0, 0.05) is 32.7 Å². The van der Waals surface area contributed by atoms with Crippen molar-refractivity contribution in [2.24, 2.45) is 0 Å². The highest BCUT2D eigenvalue weighted by Crippen LogP contribution is 2.39. The first-order chi connectivity index (χ1) is 10.9. The van der Waals surface area contributed by atoms with Crippen molar-refractivity contribution < 1.29 is 19.1 Å². The number of amides is 2. The summed E-state index contributed by atoms with van der Waals surface area (Å²) in [6, 6.07) is 0. The van der Waals surface area contributed by atoms with Gasteiger partial charge in [-0.15, -0.1) is 0 Å². The topological polar surface area (TPSA) is 64.1 Å². The summed E-state index contributed by atoms with van der Waals surface area (Å²) in [5.41, 5.74) is -2.26. The normalized spacial score (nSPS) is 27.2. The third-order valence-electron chi connectivity index (χ3n) is 5.90. The minimum absolute atomic E-state index is 0.0333. The van der Waals surface area contributed by atoms with Crippen LogP contribution in [0.1, 0.15) is 32.1 Å². The van der Waals surface area contributed by atoms with Crippen molar-refractivity contribution in [1.29, 1.82) is 0 Å². The summed E-state index contributed by atoms with van der Waals surface area (Å²) in [7, 11) is 1.94. The molecule has 2 aliphatic heterocycles. The lowest BCUT2D eigenvalue weighted by Gasteiger charge is -2.52. The number of carbonyl (C=O) groups excluding carboxylic acids is 2. The van der Waals surface area contributed by atoms with Crippen LogP contribution in [-0.2, 0) is 9.59 Å². The highest BCUT2D eigenvalue weighted by Gasteiger charge is 2.52. The van der Waals surface area contributed by atoms with Gasteiger partial charge < -0.3 is 14.9 Å². The number of alkyl halides is 1. The molecule has 6 nitrogen and oxygen atoms in total. The van der Waals surface area contributed by atoms with Gasteiger partial charge in [0.2, 0.25) is 5.91 Å². The second kappa shape index (κ2) is 6.02. The number of carbonyl (C=O) groups is 2. The van der Waals surface area contributed by atoms with Gasteiger partial charge in [-0.3, -0.25) is 14.5 Å². The molecule has 0 unspecified atom stereocenters. The van der Waals surface area contributed by atoms with E-state index in [1.165, 1.54) is 0 Å². The van der Waals surface area contributed by atoms with Gasteiger partial charge in [-0.1, -0.05) is 0 Å². The molecule has 0 aromatic rings. The number of piperazine rings is 1. The second-order valence-electron chi connectivity index (χ2n) is 7.08. The number of β-amino-alcohol motifs (C(OH)–C–C–N with tert-alkyl or cyclic N) is 1. The Morgan fingerprint density at radius 3 is 2.35 bits per heavy atom. The van der Waals surface area contributed by atoms with Crippen LogP contribution in [0.25, 0.3) is 0 Å². The summed E-state index contributed by atoms with van der Waals surface area (Å²) in [5.74, 6) is -0.359. The molecule has 1 aliphatic carbocycles. The van der Waals surface area contributed by atoms with Crippen molar-refractivity contribution in [3.05, 3.63) is 0 Å². The smallest absolute Gasteiger partial charge is 0.260 e. The van der Waals surface area contributed by atoms with Crippen molar-refractivity contribution in [2.75, 3.05) is 46.4 Å². The number of hydrogen-bond acceptors (Lipinski definition) is 4. The first kappa shape index (κ1) is 16.6. The van der Waals surface area contributed by atoms with E-state index in [2.05, 4.69) is 4.90 Å². The quantitative estimate of drug-likeness (QED) is 0.793. The van der Waals surface area contributed by atoms with E-state index in [9.17, 15) is 14.0 Å². The molecule has 3 rings (SSSR count). The van der Waals surface area contributed by atoms with Crippen molar-refractivity contribution >= 4 is 11.8 Å². The molecule has 23 heavy (non-hydrogen) atoms. The standard InChI is InChI=1S/C16H26FN3O3/c1-18-9-10-20(11-12-21)14(23)16(18)5-7-19(8-6-16)13(22)15(17)3-2-4-15/h21H,2-12H2,1H3. The number of aliphatic hydroxyl groups is 1. The Balaban J connectivity index is 1.68. The predicted octanol–water partition coefficient (Wildman–Crippen LogP) is 0.00610. The van der Waals surface area contributed by atoms with Gasteiger partial charge in [0.15, 0.2) is 5.67 Å². The predicted molar refractivity (Wildman–Crippen MR) is 82.5 cm³/mol. The van der Waals surface area contributed by atoms with Gasteiger partial charge in [-0.05, 0) is 39.2 Å². The van der Waals surface area contributed by atoms with E-state index in [1.54, 1.807) is 9.80 Å². The zero-order valence-corrected chi connectivity index (χ0v) is 13.8. The highest BCUT2D eigenvalue weighted by atomic mass is 19.1. The highest BCUT2D eigenvalue weighted by molar-refractivity contribution is 5.89. The molecule has 0 aromatic heterocycles. The van der Waals surface area contributed by atoms with E-state index >= 15 is 0 Å². The molecule has 0 atom stereocenters. The number of hydrogen-bond donors (Lipinski definition) is 1. The van der Waals surface area contributed by atoms with Crippen LogP contribution in [0, 0.1) is 0 Å². The van der Waals surface area contributed by atoms with Gasteiger partial charge in [0.1, 0.15) is 5.54 Å². The zero-order valence-electron chi connectivity index (χ0n) is 13.8. The number of aliphatic hydroxyl groups excluding tert-OH is 1. The van der Waals surface area contributed by atoms with E-state index in [4.69, 9.17) is 5.11 Å². The summed E-state index contributed by atoms with van der Waals surface area (Å²) in [6.45, 7) is 2.53. The zero-order chi connectivity index (χ0) is 16.7. The maximum atomic E-state index is 14.3. The lowest BCUT2D eigenvalue weighted by molar-refractivity contribution is -0.162. The minimum Gasteiger partial charge on any atom is -0.395 e. The Hall–Kier alpha value is -1.21. The average molecular weight is 327 g/mol. The van der Waals surface area contributed by atoms with E-state index in [0.717, 1.165) is 13.0 Å². The molecule has 3 fully saturated rings. The van der Waals surface area contributed by atoms with E-state index in [1.807, 2.05) is 7.05 Å². The van der Waals surface area contributed by atoms with Crippen LogP contribution in [-0.4, -0.2) is 89.2 Å². The number of likely N-dealkylation sites (N-methyl/N-ethyl adjacent to an activating group) is 1. The number of halogens is 1. The molecule has 2 heterocycles. The van der Waals surface area contributed by atoms with Crippen LogP contribution < -0.4 is 0 Å². The molecule has 2 amide bonds. The SMILES string of the molecule is CN1CCN(CCO)C(=O)C12CCN(C(=O)C1(F)CCC1)CC2. The fraction of sp³-hybridized carbons (Fsp3) is 0.875. The maximum Gasteiger partial charge on any atom is 0.260 e. The summed E-state index contributed by atoms with van der Waals surface area (Å²) < 4.78 is 14.3. The van der Waals surface area contributed by atoms with Gasteiger partial charge in [0.05, 0.1) is 6.61 Å². The third-order valence-corrected chi connectivity index (χ3v) is 5.90. The van der Waals surface area contributed by atoms with Crippen molar-refractivity contribution in [1.82, 2.24) is 14.7 Å². The molecule has 1 N–H and O–H groups in total. The fourth-order valence-corrected chi connectivity index (χ4v) is 4.04. The lowest BCUT2D eigenvalue weighted by Crippen LogP contribution is -2.68. The van der Waals surface area contributed by atoms with Crippen LogP contribution in [0.15, 0.2) is 0 Å². The van der Waals surface area contributed by atoms with Gasteiger partial charge >= 0.3 is 0 Å². The van der Waals surface area contributed by atoms with Crippen molar-refractivity contribution in [3.63, 3.8) is 0 Å². The number of piperidine rings is 1. The molecule has 3 aliphatic rings. The largest absolute Gasteiger partial charge is 0.395 e. The molecule has 130 valence electrons. The Kier molecular flexibility index (Phi) is 4.35. The van der Waals surface area contributed by atoms with Crippen molar-refractivity contribution in [2.45, 2.75) is 43.3 Å². The van der Waals surface area contributed by atoms with Crippen molar-refractivity contribution in [3.8, 4) is 0 Å². The fourth-order valence-electron chi connectivity index (χ4n) is 4.04. The number of likely N-dealkylation sites (tertiary alicyclic amines) is 1. The van der Waals surface area contributed by atoms with E-state index in [-0.39, 0.29) is 12.5 Å². The second-order valence-corrected chi connectivity index (χ2v) is 7.08. The van der Waals surface area contributed by atoms with Gasteiger partial charge in [0.25, 0.3) is 5.91 Å². The van der Waals surface area contributed by atoms with E-state index in [0.29, 0.717) is 51.9 Å². The van der Waals surface area contributed by atoms with Gasteiger partial charge in [-0.25, -0.2) is 4.39 Å².